The molecule has 12 atom stereocenters. The van der Waals surface area contributed by atoms with Gasteiger partial charge >= 0.3 is 23.9 Å². The summed E-state index contributed by atoms with van der Waals surface area (Å²) in [6, 6.07) is 0. The van der Waals surface area contributed by atoms with Crippen LogP contribution in [0, 0.1) is 11.8 Å². The van der Waals surface area contributed by atoms with Crippen molar-refractivity contribution in [1.29, 1.82) is 0 Å². The topological polar surface area (TPSA) is 214 Å². The van der Waals surface area contributed by atoms with Crippen molar-refractivity contribution < 1.29 is 72.8 Å². The molecule has 0 aromatic rings. The second-order valence-electron chi connectivity index (χ2n) is 10.2. The summed E-state index contributed by atoms with van der Waals surface area (Å²) < 4.78 is 35.8. The highest BCUT2D eigenvalue weighted by Crippen LogP contribution is 2.29. The van der Waals surface area contributed by atoms with Crippen LogP contribution in [0.4, 0.5) is 0 Å². The fourth-order valence-electron chi connectivity index (χ4n) is 4.19. The Bertz CT molecular complexity index is 818. The lowest BCUT2D eigenvalue weighted by Gasteiger charge is -2.38. The van der Waals surface area contributed by atoms with Gasteiger partial charge in [0.1, 0.15) is 35.5 Å². The lowest BCUT2D eigenvalue weighted by Crippen LogP contribution is -2.52. The fraction of sp³-hybridized carbons (Fsp3) is 0.846. The molecule has 0 amide bonds. The Kier molecular flexibility index (Phi) is 16.3. The first-order chi connectivity index (χ1) is 19.5. The van der Waals surface area contributed by atoms with Crippen LogP contribution in [0.25, 0.3) is 0 Å². The summed E-state index contributed by atoms with van der Waals surface area (Å²) in [7, 11) is 0. The van der Waals surface area contributed by atoms with E-state index >= 15 is 0 Å². The molecule has 3 aliphatic rings. The normalized spacial score (nSPS) is 37.8. The van der Waals surface area contributed by atoms with Crippen LogP contribution in [0.3, 0.4) is 0 Å². The number of hydrogen-bond donors (Lipinski definition) is 4. The first-order valence-electron chi connectivity index (χ1n) is 13.4. The standard InChI is InChI=1S/C11H18O5.C10H15BrO5.C5H10O5/c1-6-7(2)14-5-10(15-8(3)12)11(6)16-9(4)13;1-5-9(16-7(3)13)8(15-6(2)12)4-14-10(5)11;6-2-1-10-5(9)4(8)3(2)7/h6-7,10-11H,5H2,1-4H3;5,8-10H,4H2,1-3H3;2-9H,1H2/t6-,7?,10-,11+;5-,8+,9-,10?;2-,3-,4+,5?/m010/s1. The largest absolute Gasteiger partial charge is 0.458 e. The molecule has 0 spiro atoms. The molecule has 3 fully saturated rings. The molecule has 3 heterocycles. The highest BCUT2D eigenvalue weighted by Gasteiger charge is 2.41. The summed E-state index contributed by atoms with van der Waals surface area (Å²) in [5.74, 6) is -1.65. The first kappa shape index (κ1) is 38.1. The summed E-state index contributed by atoms with van der Waals surface area (Å²) in [4.78, 5) is 43.8. The van der Waals surface area contributed by atoms with Crippen molar-refractivity contribution >= 4 is 39.8 Å². The van der Waals surface area contributed by atoms with Gasteiger partial charge in [-0.2, -0.15) is 0 Å². The second kappa shape index (κ2) is 18.0. The molecule has 0 aliphatic carbocycles. The van der Waals surface area contributed by atoms with Gasteiger partial charge in [0.15, 0.2) is 18.5 Å². The van der Waals surface area contributed by atoms with E-state index in [2.05, 4.69) is 20.7 Å². The molecule has 0 aromatic heterocycles. The van der Waals surface area contributed by atoms with Crippen LogP contribution in [-0.2, 0) is 52.3 Å². The number of ether oxygens (including phenoxy) is 7. The second-order valence-corrected chi connectivity index (χ2v) is 11.1. The zero-order chi connectivity index (χ0) is 32.3. The van der Waals surface area contributed by atoms with Crippen LogP contribution in [0.5, 0.6) is 0 Å². The van der Waals surface area contributed by atoms with E-state index in [1.54, 1.807) is 0 Å². The van der Waals surface area contributed by atoms with E-state index in [9.17, 15) is 19.2 Å². The van der Waals surface area contributed by atoms with E-state index in [0.717, 1.165) is 0 Å². The van der Waals surface area contributed by atoms with E-state index < -0.39 is 66.9 Å². The molecule has 0 radical (unpaired) electrons. The highest BCUT2D eigenvalue weighted by atomic mass is 79.9. The van der Waals surface area contributed by atoms with Gasteiger partial charge in [-0.15, -0.1) is 0 Å². The number of alkyl halides is 1. The molecule has 42 heavy (non-hydrogen) atoms. The minimum absolute atomic E-state index is 0.00185. The van der Waals surface area contributed by atoms with Crippen molar-refractivity contribution in [1.82, 2.24) is 0 Å². The molecule has 0 aromatic carbocycles. The molecule has 16 heteroatoms. The van der Waals surface area contributed by atoms with Crippen molar-refractivity contribution in [3.8, 4) is 0 Å². The van der Waals surface area contributed by atoms with Gasteiger partial charge in [0.05, 0.1) is 25.9 Å². The molecule has 3 unspecified atom stereocenters. The third kappa shape index (κ3) is 12.4. The van der Waals surface area contributed by atoms with Crippen LogP contribution in [-0.4, -0.2) is 124 Å². The number of aliphatic hydroxyl groups excluding tert-OH is 4. The predicted molar refractivity (Wildman–Crippen MR) is 145 cm³/mol. The number of hydrogen-bond acceptors (Lipinski definition) is 15. The Morgan fingerprint density at radius 3 is 1.48 bits per heavy atom. The molecule has 0 saturated carbocycles. The summed E-state index contributed by atoms with van der Waals surface area (Å²) in [6.07, 6.45) is -7.19. The molecule has 15 nitrogen and oxygen atoms in total. The van der Waals surface area contributed by atoms with Crippen molar-refractivity contribution in [2.75, 3.05) is 19.8 Å². The molecular formula is C26H43BrO15. The molecule has 3 aliphatic heterocycles. The SMILES string of the molecule is CC(=O)O[C@H]1[C@@H](OC(C)=O)COC(Br)[C@@H]1C.CC(=O)O[C@H]1[C@@H](OC(C)=O)COC(C)[C@@H]1C.OC1OC[C@H](O)[C@H](O)[C@H]1O. The smallest absolute Gasteiger partial charge is 0.303 e. The monoisotopic (exact) mass is 674 g/mol. The van der Waals surface area contributed by atoms with Crippen molar-refractivity contribution in [3.05, 3.63) is 0 Å². The van der Waals surface area contributed by atoms with E-state index in [4.69, 9.17) is 48.8 Å². The molecule has 244 valence electrons. The number of halogens is 1. The maximum absolute atomic E-state index is 11.0. The van der Waals surface area contributed by atoms with Gasteiger partial charge in [-0.25, -0.2) is 0 Å². The van der Waals surface area contributed by atoms with Gasteiger partial charge in [-0.1, -0.05) is 29.8 Å². The Hall–Kier alpha value is -1.92. The number of esters is 4. The molecule has 3 rings (SSSR count). The molecule has 4 N–H and O–H groups in total. The zero-order valence-electron chi connectivity index (χ0n) is 24.7. The molecule has 3 saturated heterocycles. The number of carbonyl (C=O) groups excluding carboxylic acids is 4. The fourth-order valence-corrected chi connectivity index (χ4v) is 4.64. The third-order valence-electron chi connectivity index (χ3n) is 6.58. The van der Waals surface area contributed by atoms with E-state index in [1.165, 1.54) is 27.7 Å². The Morgan fingerprint density at radius 1 is 0.619 bits per heavy atom. The number of carbonyl (C=O) groups is 4. The maximum atomic E-state index is 11.0. The van der Waals surface area contributed by atoms with E-state index in [-0.39, 0.29) is 48.7 Å². The van der Waals surface area contributed by atoms with Crippen molar-refractivity contribution in [2.24, 2.45) is 11.8 Å². The summed E-state index contributed by atoms with van der Waals surface area (Å²) in [5, 5.41) is 35.0. The zero-order valence-corrected chi connectivity index (χ0v) is 26.3. The highest BCUT2D eigenvalue weighted by molar-refractivity contribution is 9.09. The van der Waals surface area contributed by atoms with Gasteiger partial charge in [-0.3, -0.25) is 19.2 Å². The number of aliphatic hydroxyl groups is 4. The van der Waals surface area contributed by atoms with Crippen LogP contribution in [0.15, 0.2) is 0 Å². The summed E-state index contributed by atoms with van der Waals surface area (Å²) >= 11 is 3.32. The Morgan fingerprint density at radius 2 is 1.05 bits per heavy atom. The lowest BCUT2D eigenvalue weighted by molar-refractivity contribution is -0.252. The minimum atomic E-state index is -1.41. The lowest BCUT2D eigenvalue weighted by atomic mass is 9.92. The van der Waals surface area contributed by atoms with Gasteiger partial charge < -0.3 is 53.6 Å². The van der Waals surface area contributed by atoms with Crippen LogP contribution >= 0.6 is 15.9 Å². The van der Waals surface area contributed by atoms with Crippen LogP contribution in [0.1, 0.15) is 48.5 Å². The third-order valence-corrected chi connectivity index (χ3v) is 7.68. The number of rotatable bonds is 4. The average Bonchev–Trinajstić information content (AvgIpc) is 2.89. The molecule has 0 bridgehead atoms. The van der Waals surface area contributed by atoms with E-state index in [0.29, 0.717) is 0 Å². The Balaban J connectivity index is 0.000000324. The summed E-state index contributed by atoms with van der Waals surface area (Å²) in [6.45, 7) is 11.3. The van der Waals surface area contributed by atoms with Gasteiger partial charge in [0.2, 0.25) is 0 Å². The predicted octanol–water partition coefficient (Wildman–Crippen LogP) is -0.441. The van der Waals surface area contributed by atoms with Crippen molar-refractivity contribution in [2.45, 2.75) is 109 Å². The van der Waals surface area contributed by atoms with Gasteiger partial charge in [0, 0.05) is 39.5 Å². The van der Waals surface area contributed by atoms with Crippen LogP contribution < -0.4 is 0 Å². The molecular weight excluding hydrogens is 632 g/mol. The summed E-state index contributed by atoms with van der Waals surface area (Å²) in [5.41, 5.74) is 0. The van der Waals surface area contributed by atoms with Gasteiger partial charge in [0.25, 0.3) is 0 Å². The van der Waals surface area contributed by atoms with Crippen molar-refractivity contribution in [3.63, 3.8) is 0 Å². The Labute approximate surface area is 252 Å². The minimum Gasteiger partial charge on any atom is -0.458 e. The quantitative estimate of drug-likeness (QED) is 0.169. The van der Waals surface area contributed by atoms with E-state index in [1.807, 2.05) is 20.8 Å². The first-order valence-corrected chi connectivity index (χ1v) is 14.3. The van der Waals surface area contributed by atoms with Gasteiger partial charge in [-0.05, 0) is 6.92 Å². The average molecular weight is 676 g/mol. The van der Waals surface area contributed by atoms with Crippen LogP contribution in [0.2, 0.25) is 0 Å². The maximum Gasteiger partial charge on any atom is 0.303 e.